The fraction of sp³-hybridized carbons (Fsp3) is 0.231. The summed E-state index contributed by atoms with van der Waals surface area (Å²) in [5.41, 5.74) is 1.12. The maximum atomic E-state index is 6.16. The maximum absolute atomic E-state index is 6.16. The molecule has 0 aliphatic heterocycles. The van der Waals surface area contributed by atoms with Crippen LogP contribution in [0.2, 0.25) is 5.02 Å². The van der Waals surface area contributed by atoms with Gasteiger partial charge in [0, 0.05) is 28.7 Å². The molecule has 5 heteroatoms. The van der Waals surface area contributed by atoms with Crippen LogP contribution in [0.1, 0.15) is 12.7 Å². The lowest BCUT2D eigenvalue weighted by atomic mass is 10.2. The number of aromatic nitrogens is 4. The quantitative estimate of drug-likeness (QED) is 0.726. The van der Waals surface area contributed by atoms with E-state index in [0.29, 0.717) is 6.54 Å². The number of nitrogens with zero attached hydrogens (tertiary/aromatic N) is 4. The summed E-state index contributed by atoms with van der Waals surface area (Å²) in [6.07, 6.45) is 3.63. The third-order valence-corrected chi connectivity index (χ3v) is 3.40. The predicted octanol–water partition coefficient (Wildman–Crippen LogP) is 2.95. The number of rotatable bonds is 3. The van der Waals surface area contributed by atoms with Gasteiger partial charge in [0.25, 0.3) is 0 Å². The lowest BCUT2D eigenvalue weighted by Crippen LogP contribution is -2.08. The highest BCUT2D eigenvalue weighted by atomic mass is 35.5. The van der Waals surface area contributed by atoms with E-state index in [1.54, 1.807) is 6.33 Å². The fourth-order valence-electron chi connectivity index (χ4n) is 2.15. The second-order valence-electron chi connectivity index (χ2n) is 4.11. The monoisotopic (exact) mass is 260 g/mol. The lowest BCUT2D eigenvalue weighted by molar-refractivity contribution is 0.597. The molecule has 92 valence electrons. The van der Waals surface area contributed by atoms with Gasteiger partial charge in [0.1, 0.15) is 12.2 Å². The van der Waals surface area contributed by atoms with Crippen molar-refractivity contribution in [1.29, 1.82) is 0 Å². The Kier molecular flexibility index (Phi) is 2.80. The molecule has 0 saturated heterocycles. The van der Waals surface area contributed by atoms with Crippen LogP contribution in [0.5, 0.6) is 0 Å². The zero-order valence-corrected chi connectivity index (χ0v) is 10.8. The number of halogens is 1. The van der Waals surface area contributed by atoms with Gasteiger partial charge in [-0.05, 0) is 25.1 Å². The minimum Gasteiger partial charge on any atom is -0.340 e. The molecule has 0 N–H and O–H groups in total. The Morgan fingerprint density at radius 2 is 2.17 bits per heavy atom. The number of benzene rings is 1. The Hall–Kier alpha value is -1.81. The molecule has 3 aromatic rings. The Balaban J connectivity index is 2.03. The summed E-state index contributed by atoms with van der Waals surface area (Å²) < 4.78 is 4.04. The molecule has 3 rings (SSSR count). The predicted molar refractivity (Wildman–Crippen MR) is 71.7 cm³/mol. The van der Waals surface area contributed by atoms with E-state index in [1.165, 1.54) is 0 Å². The van der Waals surface area contributed by atoms with Crippen LogP contribution in [-0.4, -0.2) is 19.3 Å². The Labute approximate surface area is 110 Å². The Morgan fingerprint density at radius 1 is 1.28 bits per heavy atom. The molecule has 2 heterocycles. The minimum atomic E-state index is 0.706. The van der Waals surface area contributed by atoms with Crippen molar-refractivity contribution < 1.29 is 0 Å². The maximum Gasteiger partial charge on any atom is 0.146 e. The molecule has 0 unspecified atom stereocenters. The zero-order chi connectivity index (χ0) is 12.5. The topological polar surface area (TPSA) is 35.6 Å². The van der Waals surface area contributed by atoms with Crippen molar-refractivity contribution in [2.24, 2.45) is 0 Å². The van der Waals surface area contributed by atoms with Gasteiger partial charge < -0.3 is 4.57 Å². The standard InChI is InChI=1S/C13H13ClN4/c1-2-18-13(15-9-16-18)8-17-7-6-10-11(14)4-3-5-12(10)17/h3-7,9H,2,8H2,1H3. The molecule has 4 nitrogen and oxygen atoms in total. The van der Waals surface area contributed by atoms with Gasteiger partial charge in [-0.3, -0.25) is 0 Å². The first-order chi connectivity index (χ1) is 8.79. The molecule has 0 bridgehead atoms. The molecular formula is C13H13ClN4. The van der Waals surface area contributed by atoms with E-state index in [-0.39, 0.29) is 0 Å². The highest BCUT2D eigenvalue weighted by molar-refractivity contribution is 6.35. The van der Waals surface area contributed by atoms with Crippen LogP contribution < -0.4 is 0 Å². The van der Waals surface area contributed by atoms with Crippen molar-refractivity contribution in [1.82, 2.24) is 19.3 Å². The van der Waals surface area contributed by atoms with E-state index in [2.05, 4.69) is 27.6 Å². The van der Waals surface area contributed by atoms with Gasteiger partial charge in [-0.15, -0.1) is 0 Å². The van der Waals surface area contributed by atoms with Crippen molar-refractivity contribution in [2.75, 3.05) is 0 Å². The number of fused-ring (bicyclic) bond motifs is 1. The summed E-state index contributed by atoms with van der Waals surface area (Å²) in [5, 5.41) is 6.03. The highest BCUT2D eigenvalue weighted by Gasteiger charge is 2.07. The molecular weight excluding hydrogens is 248 g/mol. The van der Waals surface area contributed by atoms with E-state index >= 15 is 0 Å². The second-order valence-corrected chi connectivity index (χ2v) is 4.52. The Bertz CT molecular complexity index is 683. The SMILES string of the molecule is CCn1ncnc1Cn1ccc2c(Cl)cccc21. The summed E-state index contributed by atoms with van der Waals surface area (Å²) in [4.78, 5) is 4.29. The average molecular weight is 261 g/mol. The zero-order valence-electron chi connectivity index (χ0n) is 10.0. The van der Waals surface area contributed by atoms with Gasteiger partial charge >= 0.3 is 0 Å². The van der Waals surface area contributed by atoms with Crippen molar-refractivity contribution in [2.45, 2.75) is 20.0 Å². The van der Waals surface area contributed by atoms with E-state index in [4.69, 9.17) is 11.6 Å². The van der Waals surface area contributed by atoms with Gasteiger partial charge in [0.2, 0.25) is 0 Å². The van der Waals surface area contributed by atoms with Gasteiger partial charge in [0.15, 0.2) is 0 Å². The van der Waals surface area contributed by atoms with Crippen LogP contribution >= 0.6 is 11.6 Å². The van der Waals surface area contributed by atoms with Crippen LogP contribution in [0.25, 0.3) is 10.9 Å². The van der Waals surface area contributed by atoms with Gasteiger partial charge in [0.05, 0.1) is 6.54 Å². The lowest BCUT2D eigenvalue weighted by Gasteiger charge is -2.06. The van der Waals surface area contributed by atoms with Gasteiger partial charge in [-0.2, -0.15) is 5.10 Å². The average Bonchev–Trinajstić information content (AvgIpc) is 2.98. The molecule has 0 fully saturated rings. The van der Waals surface area contributed by atoms with Crippen molar-refractivity contribution >= 4 is 22.5 Å². The van der Waals surface area contributed by atoms with E-state index in [9.17, 15) is 0 Å². The van der Waals surface area contributed by atoms with E-state index < -0.39 is 0 Å². The van der Waals surface area contributed by atoms with Crippen LogP contribution in [0, 0.1) is 0 Å². The van der Waals surface area contributed by atoms with Crippen molar-refractivity contribution in [3.63, 3.8) is 0 Å². The smallest absolute Gasteiger partial charge is 0.146 e. The number of hydrogen-bond acceptors (Lipinski definition) is 2. The summed E-state index contributed by atoms with van der Waals surface area (Å²) >= 11 is 6.16. The molecule has 0 atom stereocenters. The van der Waals surface area contributed by atoms with E-state index in [0.717, 1.165) is 28.3 Å². The number of aryl methyl sites for hydroxylation is 1. The van der Waals surface area contributed by atoms with Crippen LogP contribution in [-0.2, 0) is 13.1 Å². The summed E-state index contributed by atoms with van der Waals surface area (Å²) in [5.74, 6) is 0.954. The van der Waals surface area contributed by atoms with Crippen LogP contribution in [0.4, 0.5) is 0 Å². The third-order valence-electron chi connectivity index (χ3n) is 3.07. The molecule has 2 aromatic heterocycles. The molecule has 0 amide bonds. The normalized spacial score (nSPS) is 11.2. The minimum absolute atomic E-state index is 0.706. The molecule has 0 aliphatic rings. The largest absolute Gasteiger partial charge is 0.340 e. The van der Waals surface area contributed by atoms with Crippen molar-refractivity contribution in [3.8, 4) is 0 Å². The molecule has 0 aliphatic carbocycles. The molecule has 0 radical (unpaired) electrons. The van der Waals surface area contributed by atoms with Gasteiger partial charge in [-0.25, -0.2) is 9.67 Å². The highest BCUT2D eigenvalue weighted by Crippen LogP contribution is 2.24. The molecule has 0 spiro atoms. The number of hydrogen-bond donors (Lipinski definition) is 0. The first-order valence-electron chi connectivity index (χ1n) is 5.89. The van der Waals surface area contributed by atoms with Gasteiger partial charge in [-0.1, -0.05) is 17.7 Å². The fourth-order valence-corrected chi connectivity index (χ4v) is 2.38. The second kappa shape index (κ2) is 4.46. The van der Waals surface area contributed by atoms with Crippen LogP contribution in [0.15, 0.2) is 36.8 Å². The van der Waals surface area contributed by atoms with E-state index in [1.807, 2.05) is 29.1 Å². The molecule has 1 aromatic carbocycles. The Morgan fingerprint density at radius 3 is 3.00 bits per heavy atom. The summed E-state index contributed by atoms with van der Waals surface area (Å²) in [7, 11) is 0. The summed E-state index contributed by atoms with van der Waals surface area (Å²) in [6.45, 7) is 3.59. The molecule has 0 saturated carbocycles. The van der Waals surface area contributed by atoms with Crippen molar-refractivity contribution in [3.05, 3.63) is 47.6 Å². The summed E-state index contributed by atoms with van der Waals surface area (Å²) in [6, 6.07) is 7.96. The first-order valence-corrected chi connectivity index (χ1v) is 6.27. The first kappa shape index (κ1) is 11.3. The third kappa shape index (κ3) is 1.78. The van der Waals surface area contributed by atoms with Crippen LogP contribution in [0.3, 0.4) is 0 Å². The molecule has 18 heavy (non-hydrogen) atoms.